The number of anilines is 2. The van der Waals surface area contributed by atoms with Gasteiger partial charge in [0.25, 0.3) is 11.8 Å². The fourth-order valence-corrected chi connectivity index (χ4v) is 3.64. The highest BCUT2D eigenvalue weighted by molar-refractivity contribution is 6.46. The van der Waals surface area contributed by atoms with Crippen LogP contribution in [0.15, 0.2) is 72.4 Å². The van der Waals surface area contributed by atoms with Crippen molar-refractivity contribution < 1.29 is 27.8 Å². The topological polar surface area (TPSA) is 67.9 Å². The normalized spacial score (nSPS) is 15.4. The second-order valence-electron chi connectivity index (χ2n) is 7.14. The molecule has 5 rings (SSSR count). The highest BCUT2D eigenvalue weighted by atomic mass is 19.2. The molecular weight excluding hydrogens is 418 g/mol. The average Bonchev–Trinajstić information content (AvgIpc) is 3.05. The Balaban J connectivity index is 1.58. The van der Waals surface area contributed by atoms with Gasteiger partial charge < -0.3 is 14.8 Å². The quantitative estimate of drug-likeness (QED) is 0.626. The number of hydrogen-bond donors (Lipinski definition) is 1. The second-order valence-corrected chi connectivity index (χ2v) is 7.14. The van der Waals surface area contributed by atoms with E-state index >= 15 is 0 Å². The minimum absolute atomic E-state index is 0.0397. The molecule has 0 bridgehead atoms. The number of carbonyl (C=O) groups is 2. The molecule has 0 aliphatic carbocycles. The number of amides is 2. The maximum atomic E-state index is 13.7. The van der Waals surface area contributed by atoms with Gasteiger partial charge in [-0.25, -0.2) is 13.7 Å². The minimum Gasteiger partial charge on any atom is -0.486 e. The Bertz CT molecular complexity index is 1270. The first kappa shape index (κ1) is 19.7. The highest BCUT2D eigenvalue weighted by Gasteiger charge is 2.40. The second kappa shape index (κ2) is 7.81. The van der Waals surface area contributed by atoms with Crippen molar-refractivity contribution in [2.45, 2.75) is 0 Å². The van der Waals surface area contributed by atoms with Crippen molar-refractivity contribution >= 4 is 28.8 Å². The maximum absolute atomic E-state index is 13.7. The van der Waals surface area contributed by atoms with Gasteiger partial charge in [-0.15, -0.1) is 0 Å². The molecule has 8 heteroatoms. The van der Waals surface area contributed by atoms with Crippen LogP contribution in [-0.4, -0.2) is 25.0 Å². The lowest BCUT2D eigenvalue weighted by molar-refractivity contribution is -0.120. The van der Waals surface area contributed by atoms with E-state index in [1.165, 1.54) is 6.07 Å². The maximum Gasteiger partial charge on any atom is 0.282 e. The van der Waals surface area contributed by atoms with Gasteiger partial charge in [0.05, 0.1) is 11.3 Å². The van der Waals surface area contributed by atoms with E-state index < -0.39 is 23.4 Å². The van der Waals surface area contributed by atoms with Crippen LogP contribution in [0.25, 0.3) is 5.57 Å². The molecule has 0 saturated heterocycles. The molecule has 0 saturated carbocycles. The third kappa shape index (κ3) is 3.35. The summed E-state index contributed by atoms with van der Waals surface area (Å²) in [5.41, 5.74) is 1.03. The Morgan fingerprint density at radius 2 is 1.53 bits per heavy atom. The van der Waals surface area contributed by atoms with Crippen LogP contribution in [0, 0.1) is 11.6 Å². The highest BCUT2D eigenvalue weighted by Crippen LogP contribution is 2.38. The number of halogens is 2. The molecule has 6 nitrogen and oxygen atoms in total. The van der Waals surface area contributed by atoms with Crippen LogP contribution in [0.4, 0.5) is 20.2 Å². The first-order valence-electron chi connectivity index (χ1n) is 9.83. The minimum atomic E-state index is -1.07. The Kier molecular flexibility index (Phi) is 4.82. The van der Waals surface area contributed by atoms with Crippen molar-refractivity contribution in [2.75, 3.05) is 23.4 Å². The van der Waals surface area contributed by atoms with E-state index in [0.717, 1.165) is 17.0 Å². The summed E-state index contributed by atoms with van der Waals surface area (Å²) in [5, 5.41) is 2.80. The molecule has 160 valence electrons. The van der Waals surface area contributed by atoms with Gasteiger partial charge in [-0.3, -0.25) is 9.59 Å². The van der Waals surface area contributed by atoms with E-state index in [4.69, 9.17) is 9.47 Å². The lowest BCUT2D eigenvalue weighted by Gasteiger charge is -2.21. The zero-order valence-corrected chi connectivity index (χ0v) is 16.6. The van der Waals surface area contributed by atoms with Gasteiger partial charge in [0.2, 0.25) is 0 Å². The van der Waals surface area contributed by atoms with Crippen LogP contribution in [0.3, 0.4) is 0 Å². The first-order valence-corrected chi connectivity index (χ1v) is 9.83. The molecule has 32 heavy (non-hydrogen) atoms. The molecule has 0 spiro atoms. The van der Waals surface area contributed by atoms with Crippen molar-refractivity contribution in [3.8, 4) is 11.5 Å². The summed E-state index contributed by atoms with van der Waals surface area (Å²) in [4.78, 5) is 27.8. The number of rotatable bonds is 4. The van der Waals surface area contributed by atoms with E-state index in [0.29, 0.717) is 36.0 Å². The molecule has 2 aliphatic heterocycles. The third-order valence-electron chi connectivity index (χ3n) is 5.12. The summed E-state index contributed by atoms with van der Waals surface area (Å²) in [5.74, 6) is -2.32. The fourth-order valence-electron chi connectivity index (χ4n) is 3.64. The van der Waals surface area contributed by atoms with Crippen molar-refractivity contribution in [3.63, 3.8) is 0 Å². The number of ether oxygens (including phenoxy) is 2. The van der Waals surface area contributed by atoms with Gasteiger partial charge in [0.1, 0.15) is 18.9 Å². The Labute approximate surface area is 181 Å². The summed E-state index contributed by atoms with van der Waals surface area (Å²) in [6, 6.07) is 16.6. The van der Waals surface area contributed by atoms with Gasteiger partial charge in [-0.2, -0.15) is 0 Å². The molecule has 2 heterocycles. The van der Waals surface area contributed by atoms with Gasteiger partial charge in [0.15, 0.2) is 23.1 Å². The van der Waals surface area contributed by atoms with Gasteiger partial charge in [-0.1, -0.05) is 30.3 Å². The Hall–Kier alpha value is -4.20. The summed E-state index contributed by atoms with van der Waals surface area (Å²) in [7, 11) is 0. The molecule has 3 aromatic rings. The molecule has 0 fully saturated rings. The Morgan fingerprint density at radius 1 is 0.781 bits per heavy atom. The number of fused-ring (bicyclic) bond motifs is 1. The molecule has 2 aliphatic rings. The van der Waals surface area contributed by atoms with E-state index in [9.17, 15) is 18.4 Å². The molecular formula is C24H16F2N2O4. The number of nitrogens with zero attached hydrogens (tertiary/aromatic N) is 1. The van der Waals surface area contributed by atoms with Crippen LogP contribution in [0.1, 0.15) is 5.56 Å². The number of carbonyl (C=O) groups excluding carboxylic acids is 2. The third-order valence-corrected chi connectivity index (χ3v) is 5.12. The number of benzene rings is 3. The first-order chi connectivity index (χ1) is 15.5. The van der Waals surface area contributed by atoms with E-state index in [2.05, 4.69) is 5.32 Å². The molecule has 0 atom stereocenters. The SMILES string of the molecule is O=C1C(Nc2ccc(F)c(F)c2)=C(c2ccccc2)C(=O)N1c1ccc2c(c1)OCCO2. The molecule has 0 radical (unpaired) electrons. The van der Waals surface area contributed by atoms with Crippen LogP contribution in [-0.2, 0) is 9.59 Å². The predicted molar refractivity (Wildman–Crippen MR) is 113 cm³/mol. The lowest BCUT2D eigenvalue weighted by Crippen LogP contribution is -2.32. The van der Waals surface area contributed by atoms with Crippen molar-refractivity contribution in [2.24, 2.45) is 0 Å². The average molecular weight is 434 g/mol. The molecule has 1 N–H and O–H groups in total. The van der Waals surface area contributed by atoms with E-state index in [1.54, 1.807) is 48.5 Å². The largest absolute Gasteiger partial charge is 0.486 e. The van der Waals surface area contributed by atoms with Crippen molar-refractivity contribution in [1.82, 2.24) is 0 Å². The summed E-state index contributed by atoms with van der Waals surface area (Å²) < 4.78 is 38.2. The molecule has 3 aromatic carbocycles. The Morgan fingerprint density at radius 3 is 2.28 bits per heavy atom. The van der Waals surface area contributed by atoms with Crippen molar-refractivity contribution in [3.05, 3.63) is 89.6 Å². The van der Waals surface area contributed by atoms with Crippen molar-refractivity contribution in [1.29, 1.82) is 0 Å². The van der Waals surface area contributed by atoms with E-state index in [-0.39, 0.29) is 17.0 Å². The van der Waals surface area contributed by atoms with Crippen LogP contribution in [0.2, 0.25) is 0 Å². The monoisotopic (exact) mass is 434 g/mol. The fraction of sp³-hybridized carbons (Fsp3) is 0.0833. The molecule has 0 aromatic heterocycles. The molecule has 0 unspecified atom stereocenters. The predicted octanol–water partition coefficient (Wildman–Crippen LogP) is 4.13. The van der Waals surface area contributed by atoms with Crippen LogP contribution < -0.4 is 19.7 Å². The lowest BCUT2D eigenvalue weighted by atomic mass is 10.0. The zero-order valence-electron chi connectivity index (χ0n) is 16.6. The van der Waals surface area contributed by atoms with Crippen LogP contribution in [0.5, 0.6) is 11.5 Å². The number of hydrogen-bond acceptors (Lipinski definition) is 5. The molecule has 2 amide bonds. The van der Waals surface area contributed by atoms with Crippen LogP contribution >= 0.6 is 0 Å². The van der Waals surface area contributed by atoms with Gasteiger partial charge in [0, 0.05) is 17.8 Å². The van der Waals surface area contributed by atoms with Gasteiger partial charge in [-0.05, 0) is 29.8 Å². The summed E-state index contributed by atoms with van der Waals surface area (Å²) in [6.45, 7) is 0.769. The summed E-state index contributed by atoms with van der Waals surface area (Å²) in [6.07, 6.45) is 0. The summed E-state index contributed by atoms with van der Waals surface area (Å²) >= 11 is 0. The number of nitrogens with one attached hydrogen (secondary N) is 1. The zero-order chi connectivity index (χ0) is 22.2. The smallest absolute Gasteiger partial charge is 0.282 e. The number of imide groups is 1. The van der Waals surface area contributed by atoms with Gasteiger partial charge >= 0.3 is 0 Å². The standard InChI is InChI=1S/C24H16F2N2O4/c25-17-8-6-15(12-18(17)26)27-22-21(14-4-2-1-3-5-14)23(29)28(24(22)30)16-7-9-19-20(13-16)32-11-10-31-19/h1-9,12-13,27H,10-11H2. The van der Waals surface area contributed by atoms with E-state index in [1.807, 2.05) is 0 Å².